The van der Waals surface area contributed by atoms with Gasteiger partial charge in [0.15, 0.2) is 0 Å². The molecule has 1 unspecified atom stereocenters. The Bertz CT molecular complexity index is 453. The van der Waals surface area contributed by atoms with Gasteiger partial charge in [-0.05, 0) is 25.1 Å². The fraction of sp³-hybridized carbons (Fsp3) is 0.300. The van der Waals surface area contributed by atoms with Gasteiger partial charge < -0.3 is 5.73 Å². The van der Waals surface area contributed by atoms with Crippen molar-refractivity contribution in [2.75, 3.05) is 0 Å². The molecule has 15 heavy (non-hydrogen) atoms. The molecule has 1 heterocycles. The van der Waals surface area contributed by atoms with Crippen molar-refractivity contribution in [3.05, 3.63) is 30.2 Å². The van der Waals surface area contributed by atoms with E-state index >= 15 is 0 Å². The third kappa shape index (κ3) is 2.46. The maximum atomic E-state index is 12.8. The molecule has 1 aromatic heterocycles. The minimum atomic E-state index is -0.238. The van der Waals surface area contributed by atoms with E-state index in [4.69, 9.17) is 5.73 Å². The molecule has 0 fully saturated rings. The Hall–Kier alpha value is -1.13. The Morgan fingerprint density at radius 2 is 2.27 bits per heavy atom. The van der Waals surface area contributed by atoms with Crippen LogP contribution in [0.2, 0.25) is 0 Å². The number of nitrogens with zero attached hydrogens (tertiary/aromatic N) is 2. The third-order valence-electron chi connectivity index (χ3n) is 2.06. The molecule has 5 heteroatoms. The number of hydrogen-bond donors (Lipinski definition) is 1. The van der Waals surface area contributed by atoms with Crippen molar-refractivity contribution in [2.45, 2.75) is 19.5 Å². The van der Waals surface area contributed by atoms with Crippen LogP contribution in [0.25, 0.3) is 10.9 Å². The molecule has 0 spiro atoms. The number of rotatable bonds is 2. The van der Waals surface area contributed by atoms with Crippen molar-refractivity contribution in [2.24, 2.45) is 5.73 Å². The molecule has 0 bridgehead atoms. The van der Waals surface area contributed by atoms with Gasteiger partial charge in [-0.15, -0.1) is 12.4 Å². The molecule has 0 radical (unpaired) electrons. The van der Waals surface area contributed by atoms with Gasteiger partial charge in [0.1, 0.15) is 5.82 Å². The highest BCUT2D eigenvalue weighted by atomic mass is 35.5. The molecule has 2 aromatic rings. The lowest BCUT2D eigenvalue weighted by Crippen LogP contribution is -2.22. The van der Waals surface area contributed by atoms with Crippen LogP contribution >= 0.6 is 12.4 Å². The zero-order valence-corrected chi connectivity index (χ0v) is 9.17. The summed E-state index contributed by atoms with van der Waals surface area (Å²) >= 11 is 0. The summed E-state index contributed by atoms with van der Waals surface area (Å²) in [6.07, 6.45) is 1.65. The molecule has 1 aromatic carbocycles. The Morgan fingerprint density at radius 1 is 1.53 bits per heavy atom. The molecule has 3 nitrogen and oxygen atoms in total. The lowest BCUT2D eigenvalue weighted by molar-refractivity contribution is 0.553. The van der Waals surface area contributed by atoms with E-state index in [0.717, 1.165) is 10.9 Å². The molecule has 0 amide bonds. The zero-order valence-electron chi connectivity index (χ0n) is 8.35. The fourth-order valence-electron chi connectivity index (χ4n) is 1.48. The average Bonchev–Trinajstić information content (AvgIpc) is 2.47. The van der Waals surface area contributed by atoms with Crippen molar-refractivity contribution in [1.29, 1.82) is 0 Å². The topological polar surface area (TPSA) is 43.8 Å². The summed E-state index contributed by atoms with van der Waals surface area (Å²) in [7, 11) is 0. The first-order valence-electron chi connectivity index (χ1n) is 4.53. The van der Waals surface area contributed by atoms with E-state index in [1.165, 1.54) is 12.1 Å². The van der Waals surface area contributed by atoms with Crippen molar-refractivity contribution in [1.82, 2.24) is 9.78 Å². The molecule has 2 rings (SSSR count). The van der Waals surface area contributed by atoms with Gasteiger partial charge in [0.25, 0.3) is 0 Å². The van der Waals surface area contributed by atoms with Crippen LogP contribution in [0.4, 0.5) is 4.39 Å². The molecule has 0 saturated heterocycles. The van der Waals surface area contributed by atoms with Crippen LogP contribution in [-0.2, 0) is 6.54 Å². The molecular formula is C10H13ClFN3. The van der Waals surface area contributed by atoms with Crippen molar-refractivity contribution in [3.8, 4) is 0 Å². The zero-order chi connectivity index (χ0) is 10.1. The highest BCUT2D eigenvalue weighted by Gasteiger charge is 2.04. The van der Waals surface area contributed by atoms with Gasteiger partial charge >= 0.3 is 0 Å². The third-order valence-corrected chi connectivity index (χ3v) is 2.06. The second kappa shape index (κ2) is 4.59. The number of nitrogens with two attached hydrogens (primary N) is 1. The van der Waals surface area contributed by atoms with E-state index in [1.54, 1.807) is 16.9 Å². The van der Waals surface area contributed by atoms with Gasteiger partial charge in [-0.25, -0.2) is 4.39 Å². The number of benzene rings is 1. The van der Waals surface area contributed by atoms with Crippen LogP contribution < -0.4 is 5.73 Å². The van der Waals surface area contributed by atoms with Crippen LogP contribution in [0.5, 0.6) is 0 Å². The van der Waals surface area contributed by atoms with Crippen LogP contribution in [0, 0.1) is 5.82 Å². The monoisotopic (exact) mass is 229 g/mol. The first-order valence-corrected chi connectivity index (χ1v) is 4.53. The van der Waals surface area contributed by atoms with Crippen molar-refractivity contribution < 1.29 is 4.39 Å². The molecule has 1 atom stereocenters. The maximum absolute atomic E-state index is 12.8. The molecular weight excluding hydrogens is 217 g/mol. The smallest absolute Gasteiger partial charge is 0.124 e. The minimum Gasteiger partial charge on any atom is -0.326 e. The lowest BCUT2D eigenvalue weighted by Gasteiger charge is -2.06. The van der Waals surface area contributed by atoms with Gasteiger partial charge in [-0.1, -0.05) is 0 Å². The summed E-state index contributed by atoms with van der Waals surface area (Å²) in [6.45, 7) is 2.56. The Morgan fingerprint density at radius 3 is 2.93 bits per heavy atom. The highest BCUT2D eigenvalue weighted by Crippen LogP contribution is 2.14. The van der Waals surface area contributed by atoms with Crippen LogP contribution in [0.15, 0.2) is 24.4 Å². The Balaban J connectivity index is 0.00000112. The van der Waals surface area contributed by atoms with Crippen LogP contribution in [0.3, 0.4) is 0 Å². The molecule has 0 aliphatic rings. The minimum absolute atomic E-state index is 0. The standard InChI is InChI=1S/C10H12FN3.ClH/c1-7(12)6-14-10-3-2-9(11)4-8(10)5-13-14;/h2-5,7H,6,12H2,1H3;1H. The second-order valence-electron chi connectivity index (χ2n) is 3.51. The molecule has 0 aliphatic heterocycles. The van der Waals surface area contributed by atoms with Gasteiger partial charge in [-0.3, -0.25) is 4.68 Å². The summed E-state index contributed by atoms with van der Waals surface area (Å²) in [5, 5.41) is 4.96. The maximum Gasteiger partial charge on any atom is 0.124 e. The summed E-state index contributed by atoms with van der Waals surface area (Å²) in [5.41, 5.74) is 6.59. The molecule has 0 saturated carbocycles. The first kappa shape index (κ1) is 11.9. The normalized spacial score (nSPS) is 12.5. The number of aromatic nitrogens is 2. The van der Waals surface area contributed by atoms with E-state index in [2.05, 4.69) is 5.10 Å². The van der Waals surface area contributed by atoms with Crippen LogP contribution in [0.1, 0.15) is 6.92 Å². The van der Waals surface area contributed by atoms with E-state index in [-0.39, 0.29) is 24.3 Å². The Kier molecular flexibility index (Phi) is 3.66. The van der Waals surface area contributed by atoms with E-state index < -0.39 is 0 Å². The number of hydrogen-bond acceptors (Lipinski definition) is 2. The number of halogens is 2. The summed E-state index contributed by atoms with van der Waals surface area (Å²) < 4.78 is 14.6. The molecule has 82 valence electrons. The molecule has 2 N–H and O–H groups in total. The van der Waals surface area contributed by atoms with E-state index in [1.807, 2.05) is 6.92 Å². The van der Waals surface area contributed by atoms with Gasteiger partial charge in [-0.2, -0.15) is 5.10 Å². The summed E-state index contributed by atoms with van der Waals surface area (Å²) in [6, 6.07) is 4.67. The van der Waals surface area contributed by atoms with Gasteiger partial charge in [0, 0.05) is 11.4 Å². The first-order chi connectivity index (χ1) is 6.66. The lowest BCUT2D eigenvalue weighted by atomic mass is 10.2. The van der Waals surface area contributed by atoms with E-state index in [0.29, 0.717) is 6.54 Å². The predicted molar refractivity (Wildman–Crippen MR) is 60.6 cm³/mol. The molecule has 0 aliphatic carbocycles. The van der Waals surface area contributed by atoms with Gasteiger partial charge in [0.2, 0.25) is 0 Å². The van der Waals surface area contributed by atoms with Crippen molar-refractivity contribution in [3.63, 3.8) is 0 Å². The van der Waals surface area contributed by atoms with E-state index in [9.17, 15) is 4.39 Å². The highest BCUT2D eigenvalue weighted by molar-refractivity contribution is 5.85. The van der Waals surface area contributed by atoms with Crippen LogP contribution in [-0.4, -0.2) is 15.8 Å². The largest absolute Gasteiger partial charge is 0.326 e. The SMILES string of the molecule is CC(N)Cn1ncc2cc(F)ccc21.Cl. The Labute approximate surface area is 93.5 Å². The second-order valence-corrected chi connectivity index (χ2v) is 3.51. The summed E-state index contributed by atoms with van der Waals surface area (Å²) in [4.78, 5) is 0. The van der Waals surface area contributed by atoms with Crippen molar-refractivity contribution >= 4 is 23.3 Å². The average molecular weight is 230 g/mol. The summed E-state index contributed by atoms with van der Waals surface area (Å²) in [5.74, 6) is -0.238. The van der Waals surface area contributed by atoms with Gasteiger partial charge in [0.05, 0.1) is 18.3 Å². The number of fused-ring (bicyclic) bond motifs is 1. The predicted octanol–water partition coefficient (Wildman–Crippen LogP) is 1.94. The quantitative estimate of drug-likeness (QED) is 0.856. The fourth-order valence-corrected chi connectivity index (χ4v) is 1.48.